The van der Waals surface area contributed by atoms with Gasteiger partial charge in [0.2, 0.25) is 23.6 Å². The van der Waals surface area contributed by atoms with Crippen LogP contribution in [0, 0.1) is 17.6 Å². The van der Waals surface area contributed by atoms with Crippen LogP contribution in [0.2, 0.25) is 0 Å². The van der Waals surface area contributed by atoms with Crippen molar-refractivity contribution in [3.8, 4) is 0 Å². The highest BCUT2D eigenvalue weighted by atomic mass is 19.4. The molecule has 0 spiro atoms. The van der Waals surface area contributed by atoms with E-state index in [1.165, 1.54) is 0 Å². The summed E-state index contributed by atoms with van der Waals surface area (Å²) in [5.74, 6) is -8.36. The lowest BCUT2D eigenvalue weighted by atomic mass is 9.99. The maximum Gasteiger partial charge on any atom is 0.435 e. The summed E-state index contributed by atoms with van der Waals surface area (Å²) >= 11 is 0. The Hall–Kier alpha value is -3.16. The first-order valence-corrected chi connectivity index (χ1v) is 9.33. The molecule has 172 valence electrons. The lowest BCUT2D eigenvalue weighted by Gasteiger charge is -2.33. The Bertz CT molecular complexity index is 1070. The van der Waals surface area contributed by atoms with Gasteiger partial charge < -0.3 is 5.32 Å². The van der Waals surface area contributed by atoms with Crippen LogP contribution in [-0.4, -0.2) is 33.4 Å². The van der Waals surface area contributed by atoms with E-state index in [9.17, 15) is 30.7 Å². The normalized spacial score (nSPS) is 25.2. The Kier molecular flexibility index (Phi) is 5.14. The molecule has 1 fully saturated rings. The van der Waals surface area contributed by atoms with Gasteiger partial charge >= 0.3 is 6.18 Å². The van der Waals surface area contributed by atoms with E-state index in [0.717, 1.165) is 23.0 Å². The molecule has 2 aliphatic rings. The largest absolute Gasteiger partial charge is 0.435 e. The fraction of sp³-hybridized carbons (Fsp3) is 0.389. The minimum atomic E-state index is -4.73. The van der Waals surface area contributed by atoms with Crippen molar-refractivity contribution in [2.24, 2.45) is 21.6 Å². The van der Waals surface area contributed by atoms with Crippen molar-refractivity contribution in [1.82, 2.24) is 15.1 Å². The summed E-state index contributed by atoms with van der Waals surface area (Å²) in [4.78, 5) is 8.15. The molecule has 0 amide bonds. The Balaban J connectivity index is 1.71. The van der Waals surface area contributed by atoms with Gasteiger partial charge in [-0.2, -0.15) is 18.3 Å². The Morgan fingerprint density at radius 2 is 1.81 bits per heavy atom. The predicted molar refractivity (Wildman–Crippen MR) is 99.8 cm³/mol. The zero-order valence-corrected chi connectivity index (χ0v) is 16.1. The number of halogens is 7. The molecule has 2 unspecified atom stereocenters. The lowest BCUT2D eigenvalue weighted by Crippen LogP contribution is -2.54. The molecule has 2 aromatic rings. The lowest BCUT2D eigenvalue weighted by molar-refractivity contribution is -0.141. The van der Waals surface area contributed by atoms with Crippen molar-refractivity contribution in [2.45, 2.75) is 37.1 Å². The zero-order chi connectivity index (χ0) is 23.3. The molecule has 4 N–H and O–H groups in total. The standard InChI is InChI=1S/C18H16F7N7/c19-10-5-11(20)7-12(6-10)27-14-28-15(32-4-2-13(31-32)17(23,24)25)30-18(26,29-14)9-1-3-16(21,22)8-9/h2,4-7,9H,1,3,8,26H2,(H2,27,28,29,30). The summed E-state index contributed by atoms with van der Waals surface area (Å²) in [6, 6.07) is 3.17. The topological polar surface area (TPSA) is 92.6 Å². The number of hydrogen-bond donors (Lipinski definition) is 3. The second kappa shape index (κ2) is 7.46. The molecule has 7 nitrogen and oxygen atoms in total. The average molecular weight is 463 g/mol. The molecular weight excluding hydrogens is 447 g/mol. The highest BCUT2D eigenvalue weighted by Crippen LogP contribution is 2.44. The fourth-order valence-electron chi connectivity index (χ4n) is 3.55. The number of alkyl halides is 5. The molecule has 2 atom stereocenters. The van der Waals surface area contributed by atoms with Crippen LogP contribution < -0.4 is 16.4 Å². The fourth-order valence-corrected chi connectivity index (χ4v) is 3.55. The predicted octanol–water partition coefficient (Wildman–Crippen LogP) is 3.50. The molecule has 4 rings (SSSR count). The van der Waals surface area contributed by atoms with Crippen molar-refractivity contribution in [2.75, 3.05) is 5.32 Å². The van der Waals surface area contributed by atoms with E-state index in [2.05, 4.69) is 25.7 Å². The minimum Gasteiger partial charge on any atom is -0.326 e. The van der Waals surface area contributed by atoms with Crippen LogP contribution in [0.4, 0.5) is 36.4 Å². The van der Waals surface area contributed by atoms with Gasteiger partial charge in [0.25, 0.3) is 0 Å². The monoisotopic (exact) mass is 463 g/mol. The Morgan fingerprint density at radius 1 is 1.12 bits per heavy atom. The first kappa shape index (κ1) is 22.0. The summed E-state index contributed by atoms with van der Waals surface area (Å²) in [7, 11) is 0. The van der Waals surface area contributed by atoms with Crippen LogP contribution in [-0.2, 0) is 6.18 Å². The van der Waals surface area contributed by atoms with Gasteiger partial charge in [-0.3, -0.25) is 11.1 Å². The number of nitrogens with one attached hydrogen (secondary N) is 2. The highest BCUT2D eigenvalue weighted by molar-refractivity contribution is 6.07. The maximum absolute atomic E-state index is 13.8. The molecule has 2 heterocycles. The van der Waals surface area contributed by atoms with Gasteiger partial charge in [0.1, 0.15) is 11.6 Å². The summed E-state index contributed by atoms with van der Waals surface area (Å²) < 4.78 is 94.2. The third-order valence-electron chi connectivity index (χ3n) is 5.03. The first-order valence-electron chi connectivity index (χ1n) is 9.33. The van der Waals surface area contributed by atoms with E-state index >= 15 is 0 Å². The number of benzene rings is 1. The number of aliphatic imine (C=N–C) groups is 2. The molecule has 1 aromatic carbocycles. The van der Waals surface area contributed by atoms with Crippen LogP contribution in [0.3, 0.4) is 0 Å². The Labute approximate surface area is 176 Å². The highest BCUT2D eigenvalue weighted by Gasteiger charge is 2.49. The number of nitrogens with two attached hydrogens (primary N) is 1. The molecule has 1 aromatic heterocycles. The number of anilines is 1. The van der Waals surface area contributed by atoms with Crippen LogP contribution in [0.5, 0.6) is 0 Å². The molecule has 0 bridgehead atoms. The van der Waals surface area contributed by atoms with E-state index in [0.29, 0.717) is 12.1 Å². The number of aromatic nitrogens is 2. The van der Waals surface area contributed by atoms with E-state index < -0.39 is 54.0 Å². The minimum absolute atomic E-state index is 0.0431. The van der Waals surface area contributed by atoms with Crippen LogP contribution in [0.15, 0.2) is 40.4 Å². The quantitative estimate of drug-likeness (QED) is 0.595. The average Bonchev–Trinajstić information content (AvgIpc) is 3.27. The third-order valence-corrected chi connectivity index (χ3v) is 5.03. The van der Waals surface area contributed by atoms with E-state index in [1.54, 1.807) is 0 Å². The van der Waals surface area contributed by atoms with E-state index in [1.807, 2.05) is 0 Å². The second-order valence-electron chi connectivity index (χ2n) is 7.53. The molecule has 1 aliphatic carbocycles. The SMILES string of the molecule is NC1(C2CCC(F)(F)C2)N=C(Nc2cc(F)cc(F)c2)NC(n2ccc(C(F)(F)F)n2)=N1. The summed E-state index contributed by atoms with van der Waals surface area (Å²) in [6.45, 7) is 0. The van der Waals surface area contributed by atoms with Crippen molar-refractivity contribution in [3.05, 3.63) is 47.8 Å². The smallest absolute Gasteiger partial charge is 0.326 e. The van der Waals surface area contributed by atoms with Gasteiger partial charge in [0, 0.05) is 36.7 Å². The molecule has 1 saturated carbocycles. The van der Waals surface area contributed by atoms with Gasteiger partial charge in [-0.25, -0.2) is 32.2 Å². The van der Waals surface area contributed by atoms with Gasteiger partial charge in [-0.1, -0.05) is 0 Å². The summed E-state index contributed by atoms with van der Waals surface area (Å²) in [5, 5.41) is 8.46. The van der Waals surface area contributed by atoms with E-state index in [-0.39, 0.29) is 24.0 Å². The van der Waals surface area contributed by atoms with Crippen molar-refractivity contribution >= 4 is 17.6 Å². The van der Waals surface area contributed by atoms with Crippen molar-refractivity contribution in [3.63, 3.8) is 0 Å². The summed E-state index contributed by atoms with van der Waals surface area (Å²) in [5.41, 5.74) is 4.88. The maximum atomic E-state index is 13.8. The van der Waals surface area contributed by atoms with Gasteiger partial charge in [0.05, 0.1) is 0 Å². The van der Waals surface area contributed by atoms with Crippen molar-refractivity contribution < 1.29 is 30.7 Å². The number of hydrogen-bond acceptors (Lipinski definition) is 6. The number of guanidine groups is 1. The van der Waals surface area contributed by atoms with E-state index in [4.69, 9.17) is 5.73 Å². The van der Waals surface area contributed by atoms with Crippen molar-refractivity contribution in [1.29, 1.82) is 0 Å². The third kappa shape index (κ3) is 4.54. The van der Waals surface area contributed by atoms with Crippen LogP contribution in [0.25, 0.3) is 0 Å². The Morgan fingerprint density at radius 3 is 2.38 bits per heavy atom. The van der Waals surface area contributed by atoms with Gasteiger partial charge in [-0.05, 0) is 24.6 Å². The summed E-state index contributed by atoms with van der Waals surface area (Å²) in [6.07, 6.45) is -4.93. The van der Waals surface area contributed by atoms with Crippen LogP contribution >= 0.6 is 0 Å². The number of rotatable bonds is 2. The van der Waals surface area contributed by atoms with Gasteiger partial charge in [-0.15, -0.1) is 0 Å². The molecular formula is C18H16F7N7. The molecule has 32 heavy (non-hydrogen) atoms. The second-order valence-corrected chi connectivity index (χ2v) is 7.53. The zero-order valence-electron chi connectivity index (χ0n) is 16.1. The van der Waals surface area contributed by atoms with Crippen LogP contribution in [0.1, 0.15) is 25.0 Å². The first-order chi connectivity index (χ1) is 14.8. The van der Waals surface area contributed by atoms with Gasteiger partial charge in [0.15, 0.2) is 5.69 Å². The molecule has 0 saturated heterocycles. The number of nitrogens with zero attached hydrogens (tertiary/aromatic N) is 4. The molecule has 1 aliphatic heterocycles. The molecule has 0 radical (unpaired) electrons. The molecule has 14 heteroatoms.